The van der Waals surface area contributed by atoms with Gasteiger partial charge in [0.2, 0.25) is 0 Å². The van der Waals surface area contributed by atoms with E-state index in [2.05, 4.69) is 4.98 Å². The first-order valence-electron chi connectivity index (χ1n) is 5.46. The fraction of sp³-hybridized carbons (Fsp3) is 0.455. The van der Waals surface area contributed by atoms with Crippen molar-refractivity contribution in [3.63, 3.8) is 0 Å². The first-order chi connectivity index (χ1) is 8.11. The fourth-order valence-electron chi connectivity index (χ4n) is 2.06. The van der Waals surface area contributed by atoms with Crippen LogP contribution in [-0.4, -0.2) is 40.9 Å². The van der Waals surface area contributed by atoms with E-state index in [9.17, 15) is 4.79 Å². The van der Waals surface area contributed by atoms with E-state index in [0.29, 0.717) is 24.6 Å². The number of aliphatic hydroxyl groups excluding tert-OH is 1. The summed E-state index contributed by atoms with van der Waals surface area (Å²) in [6.07, 6.45) is 2.30. The Morgan fingerprint density at radius 3 is 3.00 bits per heavy atom. The summed E-state index contributed by atoms with van der Waals surface area (Å²) < 4.78 is 0. The quantitative estimate of drug-likeness (QED) is 0.693. The van der Waals surface area contributed by atoms with Gasteiger partial charge in [0.15, 0.2) is 0 Å². The molecule has 1 aliphatic rings. The number of pyridine rings is 1. The number of hydrogen-bond donors (Lipinski definition) is 3. The zero-order chi connectivity index (χ0) is 12.4. The van der Waals surface area contributed by atoms with Crippen LogP contribution in [0, 0.1) is 5.92 Å². The van der Waals surface area contributed by atoms with E-state index >= 15 is 0 Å². The molecule has 92 valence electrons. The number of nitrogens with two attached hydrogens (primary N) is 1. The van der Waals surface area contributed by atoms with Gasteiger partial charge >= 0.3 is 5.97 Å². The number of hydrogen-bond acceptors (Lipinski definition) is 5. The van der Waals surface area contributed by atoms with Crippen LogP contribution in [0.4, 0.5) is 11.5 Å². The molecular weight excluding hydrogens is 222 g/mol. The summed E-state index contributed by atoms with van der Waals surface area (Å²) in [5.74, 6) is -0.411. The predicted molar refractivity (Wildman–Crippen MR) is 63.0 cm³/mol. The summed E-state index contributed by atoms with van der Waals surface area (Å²) in [6, 6.07) is 1.41. The Kier molecular flexibility index (Phi) is 3.14. The molecule has 2 heterocycles. The van der Waals surface area contributed by atoms with Crippen molar-refractivity contribution in [1.29, 1.82) is 0 Å². The van der Waals surface area contributed by atoms with Gasteiger partial charge in [0.05, 0.1) is 11.9 Å². The van der Waals surface area contributed by atoms with Crippen LogP contribution >= 0.6 is 0 Å². The molecule has 1 saturated heterocycles. The van der Waals surface area contributed by atoms with Crippen molar-refractivity contribution in [2.45, 2.75) is 6.42 Å². The Morgan fingerprint density at radius 1 is 1.65 bits per heavy atom. The average molecular weight is 237 g/mol. The number of nitrogen functional groups attached to an aromatic ring is 1. The predicted octanol–water partition coefficient (Wildman–Crippen LogP) is 0.181. The molecule has 2 rings (SSSR count). The molecule has 0 spiro atoms. The number of anilines is 2. The maximum absolute atomic E-state index is 11.1. The van der Waals surface area contributed by atoms with E-state index in [4.69, 9.17) is 15.9 Å². The van der Waals surface area contributed by atoms with Crippen molar-refractivity contribution in [3.05, 3.63) is 17.8 Å². The molecule has 0 amide bonds. The molecule has 1 fully saturated rings. The van der Waals surface area contributed by atoms with Crippen molar-refractivity contribution in [1.82, 2.24) is 4.98 Å². The zero-order valence-electron chi connectivity index (χ0n) is 9.33. The molecule has 1 unspecified atom stereocenters. The van der Waals surface area contributed by atoms with Crippen LogP contribution in [0.25, 0.3) is 0 Å². The van der Waals surface area contributed by atoms with Gasteiger partial charge in [-0.15, -0.1) is 0 Å². The summed E-state index contributed by atoms with van der Waals surface area (Å²) >= 11 is 0. The fourth-order valence-corrected chi connectivity index (χ4v) is 2.06. The van der Waals surface area contributed by atoms with Gasteiger partial charge in [0.1, 0.15) is 11.4 Å². The van der Waals surface area contributed by atoms with E-state index in [1.807, 2.05) is 4.90 Å². The number of carboxylic acids is 1. The lowest BCUT2D eigenvalue weighted by atomic mass is 10.1. The topological polar surface area (TPSA) is 99.7 Å². The van der Waals surface area contributed by atoms with Gasteiger partial charge in [-0.2, -0.15) is 0 Å². The van der Waals surface area contributed by atoms with Crippen molar-refractivity contribution in [3.8, 4) is 0 Å². The number of aromatic carboxylic acids is 1. The first kappa shape index (κ1) is 11.7. The highest BCUT2D eigenvalue weighted by Gasteiger charge is 2.26. The van der Waals surface area contributed by atoms with Gasteiger partial charge in [-0.3, -0.25) is 0 Å². The SMILES string of the molecule is Nc1cnc(N2CCC(CO)C2)c(C(=O)O)c1. The van der Waals surface area contributed by atoms with Gasteiger partial charge in [-0.1, -0.05) is 0 Å². The standard InChI is InChI=1S/C11H15N3O3/c12-8-3-9(11(16)17)10(13-4-8)14-2-1-7(5-14)6-15/h3-4,7,15H,1-2,5-6,12H2,(H,16,17). The summed E-state index contributed by atoms with van der Waals surface area (Å²) in [5, 5.41) is 18.2. The molecule has 0 radical (unpaired) electrons. The normalized spacial score (nSPS) is 19.6. The highest BCUT2D eigenvalue weighted by atomic mass is 16.4. The van der Waals surface area contributed by atoms with Gasteiger partial charge in [0.25, 0.3) is 0 Å². The van der Waals surface area contributed by atoms with E-state index in [-0.39, 0.29) is 18.1 Å². The third-order valence-electron chi connectivity index (χ3n) is 2.96. The number of aromatic nitrogens is 1. The molecule has 6 nitrogen and oxygen atoms in total. The highest BCUT2D eigenvalue weighted by molar-refractivity contribution is 5.94. The number of aliphatic hydroxyl groups is 1. The number of carboxylic acid groups (broad SMARTS) is 1. The summed E-state index contributed by atoms with van der Waals surface area (Å²) in [6.45, 7) is 1.46. The van der Waals surface area contributed by atoms with Gasteiger partial charge < -0.3 is 20.8 Å². The van der Waals surface area contributed by atoms with Crippen molar-refractivity contribution in [2.75, 3.05) is 30.3 Å². The van der Waals surface area contributed by atoms with E-state index in [0.717, 1.165) is 6.42 Å². The van der Waals surface area contributed by atoms with Crippen LogP contribution in [0.2, 0.25) is 0 Å². The minimum absolute atomic E-state index is 0.114. The largest absolute Gasteiger partial charge is 0.478 e. The Balaban J connectivity index is 2.29. The Hall–Kier alpha value is -1.82. The number of nitrogens with zero attached hydrogens (tertiary/aromatic N) is 2. The molecule has 1 aromatic rings. The molecule has 0 aliphatic carbocycles. The lowest BCUT2D eigenvalue weighted by Crippen LogP contribution is -2.24. The van der Waals surface area contributed by atoms with Crippen molar-refractivity contribution in [2.24, 2.45) is 5.92 Å². The van der Waals surface area contributed by atoms with E-state index in [1.54, 1.807) is 0 Å². The molecule has 0 aromatic carbocycles. The second-order valence-electron chi connectivity index (χ2n) is 4.23. The molecule has 6 heteroatoms. The maximum Gasteiger partial charge on any atom is 0.339 e. The lowest BCUT2D eigenvalue weighted by Gasteiger charge is -2.19. The smallest absolute Gasteiger partial charge is 0.339 e. The molecule has 0 bridgehead atoms. The van der Waals surface area contributed by atoms with Crippen LogP contribution in [-0.2, 0) is 0 Å². The maximum atomic E-state index is 11.1. The average Bonchev–Trinajstić information content (AvgIpc) is 2.77. The van der Waals surface area contributed by atoms with E-state index in [1.165, 1.54) is 12.3 Å². The summed E-state index contributed by atoms with van der Waals surface area (Å²) in [7, 11) is 0. The molecule has 0 saturated carbocycles. The molecule has 4 N–H and O–H groups in total. The van der Waals surface area contributed by atoms with E-state index < -0.39 is 5.97 Å². The van der Waals surface area contributed by atoms with Crippen molar-refractivity contribution < 1.29 is 15.0 Å². The molecule has 17 heavy (non-hydrogen) atoms. The monoisotopic (exact) mass is 237 g/mol. The summed E-state index contributed by atoms with van der Waals surface area (Å²) in [5.41, 5.74) is 5.98. The second kappa shape index (κ2) is 4.58. The van der Waals surface area contributed by atoms with Gasteiger partial charge in [-0.05, 0) is 12.5 Å². The third kappa shape index (κ3) is 2.31. The number of rotatable bonds is 3. The van der Waals surface area contributed by atoms with Crippen LogP contribution in [0.1, 0.15) is 16.8 Å². The van der Waals surface area contributed by atoms with Crippen LogP contribution < -0.4 is 10.6 Å². The first-order valence-corrected chi connectivity index (χ1v) is 5.46. The Bertz CT molecular complexity index is 436. The Labute approximate surface area is 98.7 Å². The van der Waals surface area contributed by atoms with Crippen LogP contribution in [0.15, 0.2) is 12.3 Å². The molecule has 1 aromatic heterocycles. The van der Waals surface area contributed by atoms with Crippen LogP contribution in [0.5, 0.6) is 0 Å². The van der Waals surface area contributed by atoms with Gasteiger partial charge in [0, 0.05) is 25.6 Å². The number of carbonyl (C=O) groups is 1. The van der Waals surface area contributed by atoms with Gasteiger partial charge in [-0.25, -0.2) is 9.78 Å². The Morgan fingerprint density at radius 2 is 2.41 bits per heavy atom. The molecule has 1 aliphatic heterocycles. The summed E-state index contributed by atoms with van der Waals surface area (Å²) in [4.78, 5) is 17.1. The minimum Gasteiger partial charge on any atom is -0.478 e. The molecule has 1 atom stereocenters. The minimum atomic E-state index is -1.03. The van der Waals surface area contributed by atoms with Crippen molar-refractivity contribution >= 4 is 17.5 Å². The van der Waals surface area contributed by atoms with Crippen LogP contribution in [0.3, 0.4) is 0 Å². The highest BCUT2D eigenvalue weighted by Crippen LogP contribution is 2.26. The molecular formula is C11H15N3O3. The lowest BCUT2D eigenvalue weighted by molar-refractivity contribution is 0.0697. The third-order valence-corrected chi connectivity index (χ3v) is 2.96. The second-order valence-corrected chi connectivity index (χ2v) is 4.23. The zero-order valence-corrected chi connectivity index (χ0v) is 9.33.